The van der Waals surface area contributed by atoms with E-state index in [1.54, 1.807) is 12.1 Å². The first-order chi connectivity index (χ1) is 8.82. The smallest absolute Gasteiger partial charge is 0.232 e. The topological polar surface area (TPSA) is 72.2 Å². The Bertz CT molecular complexity index is 596. The van der Waals surface area contributed by atoms with Crippen molar-refractivity contribution in [2.24, 2.45) is 11.7 Å². The minimum atomic E-state index is -3.31. The van der Waals surface area contributed by atoms with Gasteiger partial charge in [0.15, 0.2) is 0 Å². The van der Waals surface area contributed by atoms with Gasteiger partial charge in [0, 0.05) is 11.3 Å². The van der Waals surface area contributed by atoms with Crippen molar-refractivity contribution < 1.29 is 8.42 Å². The number of anilines is 1. The van der Waals surface area contributed by atoms with E-state index in [1.165, 1.54) is 0 Å². The van der Waals surface area contributed by atoms with Crippen molar-refractivity contribution in [3.05, 3.63) is 29.3 Å². The second kappa shape index (κ2) is 6.60. The number of hydrogen-bond donors (Lipinski definition) is 2. The van der Waals surface area contributed by atoms with Crippen molar-refractivity contribution in [2.45, 2.75) is 20.8 Å². The minimum absolute atomic E-state index is 0.0822. The van der Waals surface area contributed by atoms with Crippen molar-refractivity contribution >= 4 is 15.7 Å². The summed E-state index contributed by atoms with van der Waals surface area (Å²) in [7, 11) is -3.31. The van der Waals surface area contributed by atoms with E-state index in [1.807, 2.05) is 26.8 Å². The first-order valence-corrected chi connectivity index (χ1v) is 7.79. The molecule has 0 aliphatic rings. The molecule has 0 saturated carbocycles. The quantitative estimate of drug-likeness (QED) is 0.825. The fraction of sp³-hybridized carbons (Fsp3) is 0.429. The summed E-state index contributed by atoms with van der Waals surface area (Å²) in [6, 6.07) is 5.39. The molecule has 0 aromatic heterocycles. The summed E-state index contributed by atoms with van der Waals surface area (Å²) in [6.07, 6.45) is 0. The van der Waals surface area contributed by atoms with Gasteiger partial charge in [-0.3, -0.25) is 4.72 Å². The highest BCUT2D eigenvalue weighted by Gasteiger charge is 2.13. The molecule has 1 rings (SSSR count). The molecular formula is C14H20N2O2S. The normalized spacial score (nSPS) is 11.0. The van der Waals surface area contributed by atoms with Crippen LogP contribution in [0.2, 0.25) is 0 Å². The zero-order chi connectivity index (χ0) is 14.5. The number of benzene rings is 1. The Hall–Kier alpha value is -1.51. The molecule has 0 amide bonds. The Morgan fingerprint density at radius 1 is 1.32 bits per heavy atom. The largest absolute Gasteiger partial charge is 0.320 e. The molecule has 5 heteroatoms. The van der Waals surface area contributed by atoms with Crippen LogP contribution in [0.15, 0.2) is 18.2 Å². The maximum absolute atomic E-state index is 11.9. The number of nitrogens with two attached hydrogens (primary N) is 1. The van der Waals surface area contributed by atoms with E-state index in [2.05, 4.69) is 16.6 Å². The first kappa shape index (κ1) is 15.5. The van der Waals surface area contributed by atoms with Crippen molar-refractivity contribution in [1.29, 1.82) is 0 Å². The van der Waals surface area contributed by atoms with Crippen LogP contribution in [0.5, 0.6) is 0 Å². The molecule has 0 aliphatic heterocycles. The van der Waals surface area contributed by atoms with Crippen LogP contribution in [0.1, 0.15) is 25.0 Å². The lowest BCUT2D eigenvalue weighted by Crippen LogP contribution is -2.20. The van der Waals surface area contributed by atoms with Gasteiger partial charge in [0.1, 0.15) is 0 Å². The molecule has 0 heterocycles. The van der Waals surface area contributed by atoms with Gasteiger partial charge in [-0.05, 0) is 36.6 Å². The van der Waals surface area contributed by atoms with E-state index >= 15 is 0 Å². The predicted molar refractivity (Wildman–Crippen MR) is 79.4 cm³/mol. The standard InChI is InChI=1S/C14H20N2O2S/c1-11(2)10-19(17,18)16-14-8-12(3)7-13(9-14)5-4-6-15/h7-9,11,16H,6,10,15H2,1-3H3. The summed E-state index contributed by atoms with van der Waals surface area (Å²) < 4.78 is 26.3. The molecule has 0 radical (unpaired) electrons. The fourth-order valence-corrected chi connectivity index (χ4v) is 3.17. The molecule has 0 unspecified atom stereocenters. The number of sulfonamides is 1. The molecule has 0 saturated heterocycles. The average Bonchev–Trinajstić information content (AvgIpc) is 2.22. The molecule has 3 N–H and O–H groups in total. The Labute approximate surface area is 115 Å². The third-order valence-electron chi connectivity index (χ3n) is 2.24. The monoisotopic (exact) mass is 280 g/mol. The lowest BCUT2D eigenvalue weighted by molar-refractivity contribution is 0.587. The molecular weight excluding hydrogens is 260 g/mol. The highest BCUT2D eigenvalue weighted by Crippen LogP contribution is 2.16. The van der Waals surface area contributed by atoms with Gasteiger partial charge >= 0.3 is 0 Å². The maximum atomic E-state index is 11.9. The molecule has 1 aromatic carbocycles. The average molecular weight is 280 g/mol. The highest BCUT2D eigenvalue weighted by molar-refractivity contribution is 7.92. The van der Waals surface area contributed by atoms with Crippen LogP contribution in [-0.4, -0.2) is 20.7 Å². The van der Waals surface area contributed by atoms with Crippen LogP contribution >= 0.6 is 0 Å². The van der Waals surface area contributed by atoms with E-state index in [4.69, 9.17) is 5.73 Å². The zero-order valence-electron chi connectivity index (χ0n) is 11.5. The van der Waals surface area contributed by atoms with Gasteiger partial charge in [0.25, 0.3) is 0 Å². The van der Waals surface area contributed by atoms with Gasteiger partial charge in [-0.25, -0.2) is 8.42 Å². The van der Waals surface area contributed by atoms with Crippen LogP contribution < -0.4 is 10.5 Å². The summed E-state index contributed by atoms with van der Waals surface area (Å²) in [5.74, 6) is 5.84. The number of hydrogen-bond acceptors (Lipinski definition) is 3. The Morgan fingerprint density at radius 3 is 2.58 bits per heavy atom. The SMILES string of the molecule is Cc1cc(C#CCN)cc(NS(=O)(=O)CC(C)C)c1. The summed E-state index contributed by atoms with van der Waals surface area (Å²) in [6.45, 7) is 5.91. The highest BCUT2D eigenvalue weighted by atomic mass is 32.2. The Kier molecular flexibility index (Phi) is 5.40. The second-order valence-electron chi connectivity index (χ2n) is 4.87. The maximum Gasteiger partial charge on any atom is 0.232 e. The van der Waals surface area contributed by atoms with Crippen LogP contribution in [0, 0.1) is 24.7 Å². The molecule has 0 bridgehead atoms. The molecule has 19 heavy (non-hydrogen) atoms. The lowest BCUT2D eigenvalue weighted by atomic mass is 10.1. The fourth-order valence-electron chi connectivity index (χ4n) is 1.73. The number of nitrogens with one attached hydrogen (secondary N) is 1. The minimum Gasteiger partial charge on any atom is -0.320 e. The van der Waals surface area contributed by atoms with E-state index in [9.17, 15) is 8.42 Å². The number of aryl methyl sites for hydroxylation is 1. The zero-order valence-corrected chi connectivity index (χ0v) is 12.3. The van der Waals surface area contributed by atoms with Gasteiger partial charge in [-0.15, -0.1) is 0 Å². The van der Waals surface area contributed by atoms with Crippen molar-refractivity contribution in [2.75, 3.05) is 17.0 Å². The summed E-state index contributed by atoms with van der Waals surface area (Å²) >= 11 is 0. The Balaban J connectivity index is 2.99. The van der Waals surface area contributed by atoms with E-state index in [0.29, 0.717) is 5.69 Å². The molecule has 4 nitrogen and oxygen atoms in total. The van der Waals surface area contributed by atoms with Crippen molar-refractivity contribution in [1.82, 2.24) is 0 Å². The van der Waals surface area contributed by atoms with Crippen LogP contribution in [0.25, 0.3) is 0 Å². The molecule has 0 atom stereocenters. The summed E-state index contributed by atoms with van der Waals surface area (Å²) in [5, 5.41) is 0. The van der Waals surface area contributed by atoms with Crippen LogP contribution in [0.4, 0.5) is 5.69 Å². The van der Waals surface area contributed by atoms with Gasteiger partial charge < -0.3 is 5.73 Å². The van der Waals surface area contributed by atoms with Gasteiger partial charge in [-0.1, -0.05) is 25.7 Å². The molecule has 104 valence electrons. The van der Waals surface area contributed by atoms with Gasteiger partial charge in [0.05, 0.1) is 12.3 Å². The molecule has 1 aromatic rings. The van der Waals surface area contributed by atoms with Gasteiger partial charge in [0.2, 0.25) is 10.0 Å². The molecule has 0 spiro atoms. The lowest BCUT2D eigenvalue weighted by Gasteiger charge is -2.11. The molecule has 0 aliphatic carbocycles. The third-order valence-corrected chi connectivity index (χ3v) is 3.89. The van der Waals surface area contributed by atoms with Crippen molar-refractivity contribution in [3.63, 3.8) is 0 Å². The van der Waals surface area contributed by atoms with Crippen LogP contribution in [-0.2, 0) is 10.0 Å². The van der Waals surface area contributed by atoms with E-state index in [0.717, 1.165) is 11.1 Å². The van der Waals surface area contributed by atoms with Gasteiger partial charge in [-0.2, -0.15) is 0 Å². The summed E-state index contributed by atoms with van der Waals surface area (Å²) in [4.78, 5) is 0. The van der Waals surface area contributed by atoms with Crippen LogP contribution in [0.3, 0.4) is 0 Å². The van der Waals surface area contributed by atoms with Crippen molar-refractivity contribution in [3.8, 4) is 11.8 Å². The third kappa shape index (κ3) is 5.77. The summed E-state index contributed by atoms with van der Waals surface area (Å²) in [5.41, 5.74) is 7.57. The second-order valence-corrected chi connectivity index (χ2v) is 6.64. The van der Waals surface area contributed by atoms with E-state index < -0.39 is 10.0 Å². The van der Waals surface area contributed by atoms with E-state index in [-0.39, 0.29) is 18.2 Å². The Morgan fingerprint density at radius 2 is 2.00 bits per heavy atom. The number of rotatable bonds is 4. The molecule has 0 fully saturated rings. The predicted octanol–water partition coefficient (Wildman–Crippen LogP) is 1.70. The first-order valence-electron chi connectivity index (χ1n) is 6.13.